The fourth-order valence-electron chi connectivity index (χ4n) is 11.4. The minimum atomic E-state index is -0.166. The molecule has 0 heteroatoms. The summed E-state index contributed by atoms with van der Waals surface area (Å²) in [5.41, 5.74) is 16.7. The molecule has 0 unspecified atom stereocenters. The van der Waals surface area contributed by atoms with Crippen molar-refractivity contribution < 1.29 is 0 Å². The van der Waals surface area contributed by atoms with Crippen molar-refractivity contribution in [3.05, 3.63) is 217 Å². The van der Waals surface area contributed by atoms with E-state index in [0.717, 1.165) is 0 Å². The molecule has 1 aliphatic rings. The number of rotatable bonds is 4. The van der Waals surface area contributed by atoms with Crippen molar-refractivity contribution in [3.63, 3.8) is 0 Å². The van der Waals surface area contributed by atoms with Crippen LogP contribution >= 0.6 is 0 Å². The number of fused-ring (bicyclic) bond motifs is 8. The molecule has 0 atom stereocenters. The van der Waals surface area contributed by atoms with E-state index in [4.69, 9.17) is 0 Å². The van der Waals surface area contributed by atoms with Gasteiger partial charge in [-0.2, -0.15) is 0 Å². The molecule has 308 valence electrons. The maximum absolute atomic E-state index is 2.46. The van der Waals surface area contributed by atoms with Gasteiger partial charge in [0, 0.05) is 5.41 Å². The minimum absolute atomic E-state index is 0.0911. The van der Waals surface area contributed by atoms with E-state index in [1.807, 2.05) is 0 Å². The molecule has 0 heterocycles. The van der Waals surface area contributed by atoms with E-state index in [0.29, 0.717) is 0 Å². The normalized spacial score (nSPS) is 13.4. The van der Waals surface area contributed by atoms with Gasteiger partial charge in [0.1, 0.15) is 0 Å². The Hall–Kier alpha value is -7.54. The molecule has 0 amide bonds. The van der Waals surface area contributed by atoms with E-state index < -0.39 is 0 Å². The van der Waals surface area contributed by atoms with Crippen molar-refractivity contribution in [2.45, 2.75) is 45.4 Å². The Morgan fingerprint density at radius 3 is 1.46 bits per heavy atom. The third-order valence-corrected chi connectivity index (χ3v) is 14.9. The van der Waals surface area contributed by atoms with Crippen LogP contribution in [0.1, 0.15) is 51.3 Å². The van der Waals surface area contributed by atoms with Gasteiger partial charge in [-0.15, -0.1) is 0 Å². The first-order chi connectivity index (χ1) is 31.6. The first-order valence-electron chi connectivity index (χ1n) is 23.1. The van der Waals surface area contributed by atoms with Gasteiger partial charge in [-0.05, 0) is 173 Å². The highest BCUT2D eigenvalue weighted by Crippen LogP contribution is 2.51. The smallest absolute Gasteiger partial charge is 0.0159 e. The standard InChI is InChI=1S/C65H48/c1-64(2,3)49-34-47-21-20-40-23-27-51(57-31-26-48(35-49)62(47)63(40)57)45-15-10-13-41(32-45)43-24-29-55-56-30-25-44(37-61(56)65(4,5)60(55)36-43)42-14-11-16-46(33-42)58-38-59-50-17-7-6-12-39(50)22-28-54(59)52-18-8-9-19-53(52)58/h6-38H,1-5H3. The summed E-state index contributed by atoms with van der Waals surface area (Å²) < 4.78 is 0. The maximum Gasteiger partial charge on any atom is 0.0159 e. The molecule has 13 rings (SSSR count). The zero-order chi connectivity index (χ0) is 43.8. The predicted molar refractivity (Wildman–Crippen MR) is 281 cm³/mol. The molecule has 0 bridgehead atoms. The summed E-state index contributed by atoms with van der Waals surface area (Å²) in [6.45, 7) is 11.7. The lowest BCUT2D eigenvalue weighted by Crippen LogP contribution is -2.15. The molecule has 65 heavy (non-hydrogen) atoms. The second-order valence-corrected chi connectivity index (χ2v) is 20.1. The average Bonchev–Trinajstić information content (AvgIpc) is 3.56. The van der Waals surface area contributed by atoms with E-state index >= 15 is 0 Å². The number of hydrogen-bond donors (Lipinski definition) is 0. The van der Waals surface area contributed by atoms with Gasteiger partial charge < -0.3 is 0 Å². The molecule has 0 radical (unpaired) electrons. The van der Waals surface area contributed by atoms with Crippen LogP contribution in [0.15, 0.2) is 200 Å². The molecule has 0 aliphatic heterocycles. The number of hydrogen-bond acceptors (Lipinski definition) is 0. The van der Waals surface area contributed by atoms with E-state index in [1.54, 1.807) is 0 Å². The Labute approximate surface area is 380 Å². The van der Waals surface area contributed by atoms with E-state index in [2.05, 4.69) is 235 Å². The number of benzene rings is 12. The molecule has 0 saturated carbocycles. The first-order valence-corrected chi connectivity index (χ1v) is 23.1. The van der Waals surface area contributed by atoms with E-state index in [1.165, 1.54) is 137 Å². The molecular formula is C65H48. The fourth-order valence-corrected chi connectivity index (χ4v) is 11.4. The van der Waals surface area contributed by atoms with Crippen molar-refractivity contribution >= 4 is 64.6 Å². The zero-order valence-corrected chi connectivity index (χ0v) is 37.6. The second-order valence-electron chi connectivity index (χ2n) is 20.1. The Morgan fingerprint density at radius 1 is 0.292 bits per heavy atom. The summed E-state index contributed by atoms with van der Waals surface area (Å²) in [5.74, 6) is 0. The minimum Gasteiger partial charge on any atom is -0.0616 e. The van der Waals surface area contributed by atoms with Gasteiger partial charge in [0.25, 0.3) is 0 Å². The van der Waals surface area contributed by atoms with Crippen LogP contribution < -0.4 is 0 Å². The van der Waals surface area contributed by atoms with Crippen LogP contribution in [0.5, 0.6) is 0 Å². The third-order valence-electron chi connectivity index (χ3n) is 14.9. The maximum atomic E-state index is 2.46. The summed E-state index contributed by atoms with van der Waals surface area (Å²) in [6, 6.07) is 76.0. The Bertz CT molecular complexity index is 3930. The molecule has 0 N–H and O–H groups in total. The van der Waals surface area contributed by atoms with Crippen LogP contribution in [-0.2, 0) is 10.8 Å². The van der Waals surface area contributed by atoms with Gasteiger partial charge in [0.2, 0.25) is 0 Å². The van der Waals surface area contributed by atoms with Gasteiger partial charge in [-0.25, -0.2) is 0 Å². The monoisotopic (exact) mass is 828 g/mol. The molecule has 0 spiro atoms. The third kappa shape index (κ3) is 5.76. The SMILES string of the molecule is CC(C)(C)c1cc2ccc3ccc(-c4cccc(-c5ccc6c(c5)C(C)(C)c5cc(-c7cccc(-c8cc9c%10ccccc%10ccc9c9ccccc89)c7)ccc5-6)c4)c4ccc(c1)c2c34. The van der Waals surface area contributed by atoms with Gasteiger partial charge in [-0.3, -0.25) is 0 Å². The van der Waals surface area contributed by atoms with Crippen LogP contribution in [0.4, 0.5) is 0 Å². The summed E-state index contributed by atoms with van der Waals surface area (Å²) in [6.07, 6.45) is 0. The summed E-state index contributed by atoms with van der Waals surface area (Å²) >= 11 is 0. The zero-order valence-electron chi connectivity index (χ0n) is 37.6. The summed E-state index contributed by atoms with van der Waals surface area (Å²) in [7, 11) is 0. The largest absolute Gasteiger partial charge is 0.0616 e. The van der Waals surface area contributed by atoms with Crippen molar-refractivity contribution in [3.8, 4) is 55.6 Å². The van der Waals surface area contributed by atoms with Crippen molar-refractivity contribution in [1.29, 1.82) is 0 Å². The lowest BCUT2D eigenvalue weighted by molar-refractivity contribution is 0.591. The topological polar surface area (TPSA) is 0 Å². The lowest BCUT2D eigenvalue weighted by atomic mass is 9.80. The molecule has 0 saturated heterocycles. The molecule has 1 aliphatic carbocycles. The van der Waals surface area contributed by atoms with Crippen LogP contribution in [-0.4, -0.2) is 0 Å². The summed E-state index contributed by atoms with van der Waals surface area (Å²) in [5, 5.41) is 15.7. The molecule has 12 aromatic rings. The highest BCUT2D eigenvalue weighted by Gasteiger charge is 2.36. The van der Waals surface area contributed by atoms with Crippen molar-refractivity contribution in [1.82, 2.24) is 0 Å². The first kappa shape index (κ1) is 38.0. The van der Waals surface area contributed by atoms with Crippen LogP contribution in [0.2, 0.25) is 0 Å². The van der Waals surface area contributed by atoms with E-state index in [9.17, 15) is 0 Å². The predicted octanol–water partition coefficient (Wildman–Crippen LogP) is 18.3. The van der Waals surface area contributed by atoms with E-state index in [-0.39, 0.29) is 10.8 Å². The highest BCUT2D eigenvalue weighted by atomic mass is 14.4. The highest BCUT2D eigenvalue weighted by molar-refractivity contribution is 6.26. The molecule has 0 fully saturated rings. The molecule has 0 nitrogen and oxygen atoms in total. The lowest BCUT2D eigenvalue weighted by Gasteiger charge is -2.23. The second kappa shape index (κ2) is 13.7. The Balaban J connectivity index is 0.861. The average molecular weight is 829 g/mol. The quantitative estimate of drug-likeness (QED) is 0.155. The molecule has 0 aromatic heterocycles. The Morgan fingerprint density at radius 2 is 0.785 bits per heavy atom. The van der Waals surface area contributed by atoms with Crippen LogP contribution in [0.25, 0.3) is 120 Å². The van der Waals surface area contributed by atoms with Crippen molar-refractivity contribution in [2.24, 2.45) is 0 Å². The Kier molecular flexibility index (Phi) is 8.02. The summed E-state index contributed by atoms with van der Waals surface area (Å²) in [4.78, 5) is 0. The van der Waals surface area contributed by atoms with Gasteiger partial charge in [0.05, 0.1) is 0 Å². The van der Waals surface area contributed by atoms with Crippen LogP contribution in [0, 0.1) is 0 Å². The van der Waals surface area contributed by atoms with Gasteiger partial charge >= 0.3 is 0 Å². The fraction of sp³-hybridized carbons (Fsp3) is 0.108. The molecular weight excluding hydrogens is 781 g/mol. The van der Waals surface area contributed by atoms with Crippen LogP contribution in [0.3, 0.4) is 0 Å². The van der Waals surface area contributed by atoms with Crippen molar-refractivity contribution in [2.75, 3.05) is 0 Å². The van der Waals surface area contributed by atoms with Gasteiger partial charge in [-0.1, -0.05) is 204 Å². The molecule has 12 aromatic carbocycles. The van der Waals surface area contributed by atoms with Gasteiger partial charge in [0.15, 0.2) is 0 Å².